The average molecular weight is 315 g/mol. The van der Waals surface area contributed by atoms with E-state index in [1.54, 1.807) is 10.9 Å². The van der Waals surface area contributed by atoms with Crippen LogP contribution in [0.15, 0.2) is 35.4 Å². The van der Waals surface area contributed by atoms with Gasteiger partial charge in [0.15, 0.2) is 0 Å². The lowest BCUT2D eigenvalue weighted by molar-refractivity contribution is 0.125. The minimum absolute atomic E-state index is 0.0352. The molecular formula is C18H25N3O2. The molecule has 0 aliphatic heterocycles. The van der Waals surface area contributed by atoms with Crippen LogP contribution in [0.1, 0.15) is 25.7 Å². The molecule has 3 rings (SSSR count). The molecule has 0 spiro atoms. The summed E-state index contributed by atoms with van der Waals surface area (Å²) in [5, 5.41) is 9.91. The van der Waals surface area contributed by atoms with E-state index >= 15 is 0 Å². The first-order chi connectivity index (χ1) is 11.2. The Kier molecular flexibility index (Phi) is 5.08. The Hall–Kier alpha value is -1.72. The summed E-state index contributed by atoms with van der Waals surface area (Å²) in [5.41, 5.74) is 0.789. The number of likely N-dealkylation sites (N-methyl/N-ethyl adjacent to an activating group) is 1. The van der Waals surface area contributed by atoms with Gasteiger partial charge in [0.1, 0.15) is 0 Å². The average Bonchev–Trinajstić information content (AvgIpc) is 2.61. The first-order valence-corrected chi connectivity index (χ1v) is 8.44. The molecule has 0 amide bonds. The molecule has 1 heterocycles. The summed E-state index contributed by atoms with van der Waals surface area (Å²) in [4.78, 5) is 19.2. The molecule has 23 heavy (non-hydrogen) atoms. The maximum Gasteiger partial charge on any atom is 0.261 e. The minimum Gasteiger partial charge on any atom is -0.396 e. The van der Waals surface area contributed by atoms with E-state index in [-0.39, 0.29) is 5.56 Å². The number of nitrogens with zero attached hydrogens (tertiary/aromatic N) is 3. The maximum absolute atomic E-state index is 12.5. The van der Waals surface area contributed by atoms with Gasteiger partial charge in [0.25, 0.3) is 5.56 Å². The smallest absolute Gasteiger partial charge is 0.261 e. The molecule has 1 aliphatic rings. The van der Waals surface area contributed by atoms with Crippen molar-refractivity contribution < 1.29 is 5.11 Å². The second-order valence-electron chi connectivity index (χ2n) is 6.60. The molecule has 1 aliphatic carbocycles. The van der Waals surface area contributed by atoms with Crippen molar-refractivity contribution in [2.45, 2.75) is 38.3 Å². The van der Waals surface area contributed by atoms with Gasteiger partial charge in [-0.15, -0.1) is 0 Å². The lowest BCUT2D eigenvalue weighted by atomic mass is 9.86. The minimum atomic E-state index is 0.0352. The van der Waals surface area contributed by atoms with Gasteiger partial charge in [-0.25, -0.2) is 4.98 Å². The van der Waals surface area contributed by atoms with Crippen LogP contribution in [-0.2, 0) is 6.54 Å². The number of aliphatic hydroxyl groups is 1. The van der Waals surface area contributed by atoms with Crippen LogP contribution in [0, 0.1) is 5.92 Å². The van der Waals surface area contributed by atoms with Gasteiger partial charge in [-0.2, -0.15) is 0 Å². The second-order valence-corrected chi connectivity index (χ2v) is 6.60. The van der Waals surface area contributed by atoms with Crippen molar-refractivity contribution in [3.05, 3.63) is 40.9 Å². The molecule has 0 unspecified atom stereocenters. The molecule has 1 N–H and O–H groups in total. The highest BCUT2D eigenvalue weighted by atomic mass is 16.3. The standard InChI is InChI=1S/C18H25N3O2/c1-20(15-8-6-14(12-22)7-9-15)10-11-21-13-19-17-5-3-2-4-16(17)18(21)23/h2-5,13-15,22H,6-12H2,1H3. The Morgan fingerprint density at radius 2 is 2.00 bits per heavy atom. The van der Waals surface area contributed by atoms with Crippen molar-refractivity contribution in [1.82, 2.24) is 14.5 Å². The zero-order valence-corrected chi connectivity index (χ0v) is 13.7. The molecule has 5 nitrogen and oxygen atoms in total. The van der Waals surface area contributed by atoms with Crippen LogP contribution in [0.2, 0.25) is 0 Å². The highest BCUT2D eigenvalue weighted by molar-refractivity contribution is 5.76. The van der Waals surface area contributed by atoms with E-state index in [0.29, 0.717) is 30.5 Å². The maximum atomic E-state index is 12.5. The molecule has 5 heteroatoms. The van der Waals surface area contributed by atoms with Gasteiger partial charge < -0.3 is 10.0 Å². The van der Waals surface area contributed by atoms with Gasteiger partial charge in [-0.3, -0.25) is 9.36 Å². The van der Waals surface area contributed by atoms with Gasteiger partial charge in [0.05, 0.1) is 17.2 Å². The van der Waals surface area contributed by atoms with Crippen LogP contribution < -0.4 is 5.56 Å². The van der Waals surface area contributed by atoms with Crippen molar-refractivity contribution in [2.75, 3.05) is 20.2 Å². The number of aromatic nitrogens is 2. The van der Waals surface area contributed by atoms with Crippen LogP contribution in [0.3, 0.4) is 0 Å². The molecule has 0 radical (unpaired) electrons. The fraction of sp³-hybridized carbons (Fsp3) is 0.556. The molecule has 124 valence electrons. The molecular weight excluding hydrogens is 290 g/mol. The summed E-state index contributed by atoms with van der Waals surface area (Å²) in [7, 11) is 2.13. The second kappa shape index (κ2) is 7.23. The molecule has 1 fully saturated rings. The van der Waals surface area contributed by atoms with Crippen molar-refractivity contribution in [2.24, 2.45) is 5.92 Å². The van der Waals surface area contributed by atoms with Crippen LogP contribution in [0.5, 0.6) is 0 Å². The number of aliphatic hydroxyl groups excluding tert-OH is 1. The molecule has 0 atom stereocenters. The monoisotopic (exact) mass is 315 g/mol. The lowest BCUT2D eigenvalue weighted by Crippen LogP contribution is -2.38. The summed E-state index contributed by atoms with van der Waals surface area (Å²) in [5.74, 6) is 0.479. The molecule has 0 bridgehead atoms. The molecule has 1 aromatic carbocycles. The Morgan fingerprint density at radius 1 is 1.26 bits per heavy atom. The van der Waals surface area contributed by atoms with Gasteiger partial charge in [0.2, 0.25) is 0 Å². The number of para-hydroxylation sites is 1. The predicted molar refractivity (Wildman–Crippen MR) is 91.5 cm³/mol. The fourth-order valence-corrected chi connectivity index (χ4v) is 3.48. The third-order valence-corrected chi connectivity index (χ3v) is 5.12. The molecule has 1 saturated carbocycles. The predicted octanol–water partition coefficient (Wildman–Crippen LogP) is 1.88. The lowest BCUT2D eigenvalue weighted by Gasteiger charge is -2.34. The summed E-state index contributed by atoms with van der Waals surface area (Å²) in [6.07, 6.45) is 6.12. The van der Waals surface area contributed by atoms with Gasteiger partial charge >= 0.3 is 0 Å². The zero-order chi connectivity index (χ0) is 16.2. The number of rotatable bonds is 5. The third kappa shape index (κ3) is 3.62. The number of fused-ring (bicyclic) bond motifs is 1. The van der Waals surface area contributed by atoms with Gasteiger partial charge in [-0.1, -0.05) is 12.1 Å². The van der Waals surface area contributed by atoms with E-state index in [4.69, 9.17) is 0 Å². The Labute approximate surface area is 136 Å². The summed E-state index contributed by atoms with van der Waals surface area (Å²) in [6.45, 7) is 1.82. The molecule has 2 aromatic rings. The van der Waals surface area contributed by atoms with Gasteiger partial charge in [0, 0.05) is 25.7 Å². The Balaban J connectivity index is 1.62. The van der Waals surface area contributed by atoms with Crippen LogP contribution in [0.25, 0.3) is 10.9 Å². The van der Waals surface area contributed by atoms with Crippen molar-refractivity contribution in [1.29, 1.82) is 0 Å². The zero-order valence-electron chi connectivity index (χ0n) is 13.7. The largest absolute Gasteiger partial charge is 0.396 e. The van der Waals surface area contributed by atoms with Crippen molar-refractivity contribution in [3.63, 3.8) is 0 Å². The number of benzene rings is 1. The molecule has 1 aromatic heterocycles. The first-order valence-electron chi connectivity index (χ1n) is 8.44. The van der Waals surface area contributed by atoms with Crippen LogP contribution in [0.4, 0.5) is 0 Å². The Bertz CT molecular complexity index is 705. The van der Waals surface area contributed by atoms with Crippen LogP contribution in [-0.4, -0.2) is 45.8 Å². The van der Waals surface area contributed by atoms with E-state index in [0.717, 1.165) is 37.7 Å². The highest BCUT2D eigenvalue weighted by Crippen LogP contribution is 2.26. The number of hydrogen-bond acceptors (Lipinski definition) is 4. The number of hydrogen-bond donors (Lipinski definition) is 1. The fourth-order valence-electron chi connectivity index (χ4n) is 3.48. The topological polar surface area (TPSA) is 58.4 Å². The highest BCUT2D eigenvalue weighted by Gasteiger charge is 2.23. The van der Waals surface area contributed by atoms with E-state index < -0.39 is 0 Å². The SMILES string of the molecule is CN(CCn1cnc2ccccc2c1=O)C1CCC(CO)CC1. The summed E-state index contributed by atoms with van der Waals surface area (Å²) in [6, 6.07) is 8.03. The molecule has 0 saturated heterocycles. The van der Waals surface area contributed by atoms with Crippen molar-refractivity contribution in [3.8, 4) is 0 Å². The van der Waals surface area contributed by atoms with E-state index in [9.17, 15) is 9.90 Å². The summed E-state index contributed by atoms with van der Waals surface area (Å²) >= 11 is 0. The quantitative estimate of drug-likeness (QED) is 0.915. The Morgan fingerprint density at radius 3 is 2.74 bits per heavy atom. The normalized spacial score (nSPS) is 21.9. The van der Waals surface area contributed by atoms with Crippen LogP contribution >= 0.6 is 0 Å². The third-order valence-electron chi connectivity index (χ3n) is 5.12. The van der Waals surface area contributed by atoms with E-state index in [1.165, 1.54) is 0 Å². The first kappa shape index (κ1) is 16.1. The van der Waals surface area contributed by atoms with Crippen molar-refractivity contribution >= 4 is 10.9 Å². The van der Waals surface area contributed by atoms with Gasteiger partial charge in [-0.05, 0) is 50.8 Å². The summed E-state index contributed by atoms with van der Waals surface area (Å²) < 4.78 is 1.71. The van der Waals surface area contributed by atoms with E-state index in [2.05, 4.69) is 16.9 Å². The van der Waals surface area contributed by atoms with E-state index in [1.807, 2.05) is 24.3 Å².